The summed E-state index contributed by atoms with van der Waals surface area (Å²) in [6.45, 7) is 8.45. The Bertz CT molecular complexity index is 617. The van der Waals surface area contributed by atoms with Crippen molar-refractivity contribution in [2.45, 2.75) is 59.3 Å². The number of aromatic hydroxyl groups is 1. The molecule has 0 aliphatic rings. The van der Waals surface area contributed by atoms with Gasteiger partial charge in [-0.15, -0.1) is 0 Å². The van der Waals surface area contributed by atoms with Crippen molar-refractivity contribution in [3.05, 3.63) is 35.2 Å². The molecule has 0 aromatic heterocycles. The van der Waals surface area contributed by atoms with Gasteiger partial charge in [0.2, 0.25) is 0 Å². The Morgan fingerprint density at radius 3 is 1.81 bits per heavy atom. The lowest BCUT2D eigenvalue weighted by Crippen LogP contribution is -2.51. The highest BCUT2D eigenvalue weighted by Gasteiger charge is 2.33. The zero-order valence-corrected chi connectivity index (χ0v) is 17.2. The number of phenolic OH excluding ortho intramolecular Hbond substituents is 1. The number of nitrogens with zero attached hydrogens (tertiary/aromatic N) is 1. The van der Waals surface area contributed by atoms with Gasteiger partial charge in [0, 0.05) is 0 Å². The molecule has 0 aliphatic heterocycles. The molecule has 6 heteroatoms. The van der Waals surface area contributed by atoms with Gasteiger partial charge in [0.05, 0.1) is 5.41 Å². The van der Waals surface area contributed by atoms with Gasteiger partial charge in [0.25, 0.3) is 0 Å². The van der Waals surface area contributed by atoms with E-state index in [1.807, 2.05) is 0 Å². The fourth-order valence-corrected chi connectivity index (χ4v) is 3.82. The van der Waals surface area contributed by atoms with Gasteiger partial charge in [0.15, 0.2) is 0 Å². The van der Waals surface area contributed by atoms with Crippen molar-refractivity contribution < 1.29 is 22.5 Å². The molecule has 0 saturated carbocycles. The second-order valence-electron chi connectivity index (χ2n) is 6.75. The predicted molar refractivity (Wildman–Crippen MR) is 107 cm³/mol. The lowest BCUT2D eigenvalue weighted by atomic mass is 10.2. The van der Waals surface area contributed by atoms with Crippen LogP contribution in [0.3, 0.4) is 0 Å². The first-order chi connectivity index (χ1) is 12.4. The number of rotatable bonds is 13. The first-order valence-corrected chi connectivity index (χ1v) is 11.1. The third kappa shape index (κ3) is 8.34. The molecule has 0 fully saturated rings. The van der Waals surface area contributed by atoms with Gasteiger partial charge >= 0.3 is 10.1 Å². The standard InChI is InChI=1S/C20H33NO4S/c1-4-7-15-21(16-8-5-2,17-9-6-3)25-26(23,24)18-14-19-10-12-20(22)13-11-19/h10-14,18H,4-9,15-17H2,1-3H3/p+1/b18-14+. The number of benzene rings is 1. The van der Waals surface area contributed by atoms with Gasteiger partial charge in [-0.1, -0.05) is 56.5 Å². The quantitative estimate of drug-likeness (QED) is 0.390. The Balaban J connectivity index is 2.97. The molecule has 1 rings (SSSR count). The summed E-state index contributed by atoms with van der Waals surface area (Å²) in [7, 11) is -3.81. The number of hydrogen-bond acceptors (Lipinski definition) is 4. The summed E-state index contributed by atoms with van der Waals surface area (Å²) in [6.07, 6.45) is 7.32. The van der Waals surface area contributed by atoms with Crippen LogP contribution in [0.5, 0.6) is 5.75 Å². The fraction of sp³-hybridized carbons (Fsp3) is 0.600. The molecule has 0 aliphatic carbocycles. The largest absolute Gasteiger partial charge is 0.508 e. The number of hydrogen-bond donors (Lipinski definition) is 1. The second kappa shape index (κ2) is 11.4. The smallest absolute Gasteiger partial charge is 0.336 e. The van der Waals surface area contributed by atoms with Crippen LogP contribution in [0.15, 0.2) is 29.7 Å². The van der Waals surface area contributed by atoms with E-state index in [0.717, 1.165) is 43.9 Å². The van der Waals surface area contributed by atoms with E-state index >= 15 is 0 Å². The SMILES string of the molecule is CCCC[N+](CCCC)(CCCC)OS(=O)(=O)/C=C/c1ccc(O)cc1. The van der Waals surface area contributed by atoms with Gasteiger partial charge in [-0.05, 0) is 43.0 Å². The molecule has 1 aromatic carbocycles. The maximum absolute atomic E-state index is 12.6. The van der Waals surface area contributed by atoms with E-state index < -0.39 is 10.1 Å². The van der Waals surface area contributed by atoms with Crippen LogP contribution in [0.4, 0.5) is 0 Å². The van der Waals surface area contributed by atoms with Crippen molar-refractivity contribution in [1.29, 1.82) is 0 Å². The molecule has 1 aromatic rings. The normalized spacial score (nSPS) is 12.7. The molecule has 0 amide bonds. The Kier molecular flexibility index (Phi) is 9.91. The number of quaternary nitrogens is 1. The first-order valence-electron chi connectivity index (χ1n) is 9.66. The average molecular weight is 385 g/mol. The molecular weight excluding hydrogens is 350 g/mol. The third-order valence-corrected chi connectivity index (χ3v) is 5.33. The molecule has 0 heterocycles. The average Bonchev–Trinajstić information content (AvgIpc) is 2.62. The van der Waals surface area contributed by atoms with Crippen LogP contribution in [0.2, 0.25) is 0 Å². The van der Waals surface area contributed by atoms with E-state index in [0.29, 0.717) is 25.2 Å². The van der Waals surface area contributed by atoms with E-state index in [1.54, 1.807) is 12.1 Å². The highest BCUT2D eigenvalue weighted by atomic mass is 32.2. The summed E-state index contributed by atoms with van der Waals surface area (Å²) in [6, 6.07) is 6.37. The van der Waals surface area contributed by atoms with Crippen LogP contribution < -0.4 is 0 Å². The van der Waals surface area contributed by atoms with Gasteiger partial charge in [0.1, 0.15) is 25.4 Å². The van der Waals surface area contributed by atoms with Gasteiger partial charge in [-0.3, -0.25) is 0 Å². The first kappa shape index (κ1) is 22.7. The summed E-state index contributed by atoms with van der Waals surface area (Å²) in [4.78, 5) is 0. The van der Waals surface area contributed by atoms with Crippen molar-refractivity contribution in [2.24, 2.45) is 0 Å². The zero-order chi connectivity index (χ0) is 19.5. The maximum Gasteiger partial charge on any atom is 0.336 e. The molecule has 1 N–H and O–H groups in total. The molecule has 0 unspecified atom stereocenters. The Morgan fingerprint density at radius 1 is 0.923 bits per heavy atom. The minimum absolute atomic E-state index is 0.149. The summed E-state index contributed by atoms with van der Waals surface area (Å²) in [5.41, 5.74) is 0.698. The van der Waals surface area contributed by atoms with Crippen molar-refractivity contribution in [3.63, 3.8) is 0 Å². The number of phenols is 1. The molecule has 0 bridgehead atoms. The molecular formula is C20H34NO4S+. The van der Waals surface area contributed by atoms with E-state index in [2.05, 4.69) is 20.8 Å². The molecule has 0 saturated heterocycles. The minimum Gasteiger partial charge on any atom is -0.508 e. The predicted octanol–water partition coefficient (Wildman–Crippen LogP) is 4.84. The van der Waals surface area contributed by atoms with Crippen molar-refractivity contribution >= 4 is 16.2 Å². The summed E-state index contributed by atoms with van der Waals surface area (Å²) < 4.78 is 31.1. The highest BCUT2D eigenvalue weighted by Crippen LogP contribution is 2.20. The number of hydroxylamine groups is 3. The zero-order valence-electron chi connectivity index (χ0n) is 16.4. The van der Waals surface area contributed by atoms with Crippen LogP contribution in [0.1, 0.15) is 64.9 Å². The van der Waals surface area contributed by atoms with E-state index in [-0.39, 0.29) is 10.4 Å². The van der Waals surface area contributed by atoms with Crippen LogP contribution >= 0.6 is 0 Å². The van der Waals surface area contributed by atoms with Crippen LogP contribution in [-0.4, -0.2) is 37.8 Å². The minimum atomic E-state index is -3.81. The van der Waals surface area contributed by atoms with Gasteiger partial charge < -0.3 is 5.11 Å². The lowest BCUT2D eigenvalue weighted by molar-refractivity contribution is -1.08. The molecule has 0 spiro atoms. The number of unbranched alkanes of at least 4 members (excludes halogenated alkanes) is 3. The van der Waals surface area contributed by atoms with Gasteiger partial charge in [-0.2, -0.15) is 13.1 Å². The summed E-state index contributed by atoms with van der Waals surface area (Å²) in [5, 5.41) is 10.4. The third-order valence-electron chi connectivity index (χ3n) is 4.34. The monoisotopic (exact) mass is 384 g/mol. The van der Waals surface area contributed by atoms with Crippen molar-refractivity contribution in [1.82, 2.24) is 0 Å². The van der Waals surface area contributed by atoms with Gasteiger partial charge in [-0.25, -0.2) is 0 Å². The molecule has 5 nitrogen and oxygen atoms in total. The van der Waals surface area contributed by atoms with E-state index in [9.17, 15) is 13.5 Å². The van der Waals surface area contributed by atoms with Crippen LogP contribution in [0.25, 0.3) is 6.08 Å². The maximum atomic E-state index is 12.6. The van der Waals surface area contributed by atoms with Crippen molar-refractivity contribution in [3.8, 4) is 5.75 Å². The highest BCUT2D eigenvalue weighted by molar-refractivity contribution is 7.89. The molecule has 0 atom stereocenters. The fourth-order valence-electron chi connectivity index (χ4n) is 2.78. The molecule has 26 heavy (non-hydrogen) atoms. The van der Waals surface area contributed by atoms with E-state index in [4.69, 9.17) is 4.28 Å². The Hall–Kier alpha value is -1.37. The summed E-state index contributed by atoms with van der Waals surface area (Å²) >= 11 is 0. The van der Waals surface area contributed by atoms with Crippen molar-refractivity contribution in [2.75, 3.05) is 19.6 Å². The lowest BCUT2D eigenvalue weighted by Gasteiger charge is -2.34. The summed E-state index contributed by atoms with van der Waals surface area (Å²) in [5.74, 6) is 0.149. The van der Waals surface area contributed by atoms with E-state index in [1.165, 1.54) is 18.2 Å². The Labute approximate surface area is 159 Å². The van der Waals surface area contributed by atoms with Crippen LogP contribution in [0, 0.1) is 0 Å². The Morgan fingerprint density at radius 2 is 1.38 bits per heavy atom. The topological polar surface area (TPSA) is 63.6 Å². The van der Waals surface area contributed by atoms with Crippen LogP contribution in [-0.2, 0) is 14.4 Å². The molecule has 148 valence electrons. The second-order valence-corrected chi connectivity index (χ2v) is 8.16. The molecule has 0 radical (unpaired) electrons.